The highest BCUT2D eigenvalue weighted by Gasteiger charge is 2.31. The van der Waals surface area contributed by atoms with E-state index in [1.54, 1.807) is 7.11 Å². The number of benzene rings is 1. The van der Waals surface area contributed by atoms with Crippen LogP contribution in [0.2, 0.25) is 0 Å². The second-order valence-corrected chi connectivity index (χ2v) is 8.38. The Balaban J connectivity index is 1.85. The number of ketones is 1. The average molecular weight is 414 g/mol. The van der Waals surface area contributed by atoms with Crippen LogP contribution in [-0.2, 0) is 11.2 Å². The Morgan fingerprint density at radius 1 is 1.30 bits per heavy atom. The standard InChI is InChI=1S/C23H35N5O2/c1-17(2)21(25-18-10-9-14-24-16-18)23(29)22-20(13-7-8-15-30-3)28(27-26-22)19-11-5-4-6-12-19/h4-6,11-12,17-18,21,24-25H,7-10,13-16H2,1-3H3. The molecule has 2 N–H and O–H groups in total. The van der Waals surface area contributed by atoms with E-state index in [-0.39, 0.29) is 17.7 Å². The van der Waals surface area contributed by atoms with Gasteiger partial charge >= 0.3 is 0 Å². The van der Waals surface area contributed by atoms with Crippen molar-refractivity contribution in [3.63, 3.8) is 0 Å². The van der Waals surface area contributed by atoms with Gasteiger partial charge in [-0.3, -0.25) is 4.79 Å². The molecule has 2 heterocycles. The molecule has 2 unspecified atom stereocenters. The highest BCUT2D eigenvalue weighted by molar-refractivity contribution is 5.99. The molecule has 3 rings (SSSR count). The number of aromatic nitrogens is 3. The molecule has 0 aliphatic carbocycles. The van der Waals surface area contributed by atoms with Crippen LogP contribution in [0.4, 0.5) is 0 Å². The molecule has 7 heteroatoms. The minimum absolute atomic E-state index is 0.0412. The summed E-state index contributed by atoms with van der Waals surface area (Å²) in [7, 11) is 1.71. The van der Waals surface area contributed by atoms with E-state index in [9.17, 15) is 4.79 Å². The molecule has 0 amide bonds. The molecule has 1 saturated heterocycles. The normalized spacial score (nSPS) is 17.9. The smallest absolute Gasteiger partial charge is 0.202 e. The van der Waals surface area contributed by atoms with Crippen molar-refractivity contribution in [1.29, 1.82) is 0 Å². The maximum Gasteiger partial charge on any atom is 0.202 e. The molecule has 164 valence electrons. The van der Waals surface area contributed by atoms with Gasteiger partial charge < -0.3 is 15.4 Å². The van der Waals surface area contributed by atoms with Crippen LogP contribution >= 0.6 is 0 Å². The van der Waals surface area contributed by atoms with Crippen LogP contribution in [0.25, 0.3) is 5.69 Å². The Bertz CT molecular complexity index is 784. The number of unbranched alkanes of at least 4 members (excludes halogenated alkanes) is 1. The Kier molecular flexibility index (Phi) is 8.54. The zero-order valence-electron chi connectivity index (χ0n) is 18.4. The second kappa shape index (κ2) is 11.3. The summed E-state index contributed by atoms with van der Waals surface area (Å²) in [4.78, 5) is 13.6. The number of rotatable bonds is 11. The predicted molar refractivity (Wildman–Crippen MR) is 118 cm³/mol. The number of nitrogens with one attached hydrogen (secondary N) is 2. The summed E-state index contributed by atoms with van der Waals surface area (Å²) >= 11 is 0. The van der Waals surface area contributed by atoms with Crippen molar-refractivity contribution in [2.45, 2.75) is 58.0 Å². The number of carbonyl (C=O) groups is 1. The van der Waals surface area contributed by atoms with Gasteiger partial charge in [0.05, 0.1) is 17.4 Å². The number of Topliss-reactive ketones (excluding diaryl/α,β-unsaturated/α-hetero) is 1. The third-order valence-corrected chi connectivity index (χ3v) is 5.67. The maximum absolute atomic E-state index is 13.6. The van der Waals surface area contributed by atoms with E-state index < -0.39 is 0 Å². The monoisotopic (exact) mass is 413 g/mol. The van der Waals surface area contributed by atoms with Gasteiger partial charge in [0.2, 0.25) is 5.78 Å². The number of para-hydroxylation sites is 1. The molecule has 0 radical (unpaired) electrons. The zero-order valence-corrected chi connectivity index (χ0v) is 18.4. The quantitative estimate of drug-likeness (QED) is 0.436. The van der Waals surface area contributed by atoms with Gasteiger partial charge in [0.25, 0.3) is 0 Å². The number of piperidine rings is 1. The lowest BCUT2D eigenvalue weighted by atomic mass is 9.94. The van der Waals surface area contributed by atoms with E-state index in [2.05, 4.69) is 34.8 Å². The van der Waals surface area contributed by atoms with Crippen LogP contribution < -0.4 is 10.6 Å². The van der Waals surface area contributed by atoms with Gasteiger partial charge in [-0.2, -0.15) is 0 Å². The molecule has 1 aromatic heterocycles. The van der Waals surface area contributed by atoms with Crippen molar-refractivity contribution in [3.8, 4) is 5.69 Å². The summed E-state index contributed by atoms with van der Waals surface area (Å²) < 4.78 is 7.01. The summed E-state index contributed by atoms with van der Waals surface area (Å²) in [5, 5.41) is 15.7. The first kappa shape index (κ1) is 22.6. The summed E-state index contributed by atoms with van der Waals surface area (Å²) in [6.07, 6.45) is 4.81. The molecule has 7 nitrogen and oxygen atoms in total. The van der Waals surface area contributed by atoms with E-state index in [1.807, 2.05) is 35.0 Å². The summed E-state index contributed by atoms with van der Waals surface area (Å²) in [6, 6.07) is 9.95. The fraction of sp³-hybridized carbons (Fsp3) is 0.609. The first-order chi connectivity index (χ1) is 14.6. The van der Waals surface area contributed by atoms with E-state index in [0.717, 1.165) is 56.6 Å². The molecule has 1 fully saturated rings. The van der Waals surface area contributed by atoms with Crippen molar-refractivity contribution in [2.75, 3.05) is 26.8 Å². The minimum atomic E-state index is -0.270. The van der Waals surface area contributed by atoms with Gasteiger partial charge in [-0.15, -0.1) is 5.10 Å². The molecule has 0 saturated carbocycles. The molecular weight excluding hydrogens is 378 g/mol. The summed E-state index contributed by atoms with van der Waals surface area (Å²) in [5.74, 6) is 0.210. The number of carbonyl (C=O) groups excluding carboxylic acids is 1. The highest BCUT2D eigenvalue weighted by Crippen LogP contribution is 2.20. The fourth-order valence-electron chi connectivity index (χ4n) is 4.00. The number of methoxy groups -OCH3 is 1. The summed E-state index contributed by atoms with van der Waals surface area (Å²) in [5.41, 5.74) is 2.30. The van der Waals surface area contributed by atoms with Gasteiger partial charge in [0.1, 0.15) is 0 Å². The molecular formula is C23H35N5O2. The Labute approximate surface area is 179 Å². The first-order valence-electron chi connectivity index (χ1n) is 11.1. The third kappa shape index (κ3) is 5.74. The molecule has 2 atom stereocenters. The van der Waals surface area contributed by atoms with Crippen molar-refractivity contribution in [1.82, 2.24) is 25.6 Å². The Morgan fingerprint density at radius 3 is 2.77 bits per heavy atom. The Hall–Kier alpha value is -2.09. The lowest BCUT2D eigenvalue weighted by Gasteiger charge is -2.30. The fourth-order valence-corrected chi connectivity index (χ4v) is 4.00. The number of hydrogen-bond acceptors (Lipinski definition) is 6. The zero-order chi connectivity index (χ0) is 21.3. The highest BCUT2D eigenvalue weighted by atomic mass is 16.5. The minimum Gasteiger partial charge on any atom is -0.385 e. The van der Waals surface area contributed by atoms with E-state index >= 15 is 0 Å². The van der Waals surface area contributed by atoms with E-state index in [0.29, 0.717) is 18.3 Å². The average Bonchev–Trinajstić information content (AvgIpc) is 3.19. The van der Waals surface area contributed by atoms with Crippen molar-refractivity contribution in [3.05, 3.63) is 41.7 Å². The van der Waals surface area contributed by atoms with Crippen LogP contribution in [0.1, 0.15) is 55.7 Å². The van der Waals surface area contributed by atoms with Gasteiger partial charge in [-0.25, -0.2) is 4.68 Å². The topological polar surface area (TPSA) is 81.1 Å². The van der Waals surface area contributed by atoms with Crippen LogP contribution in [0.3, 0.4) is 0 Å². The van der Waals surface area contributed by atoms with Crippen LogP contribution in [-0.4, -0.2) is 59.7 Å². The molecule has 2 aromatic rings. The molecule has 0 spiro atoms. The lowest BCUT2D eigenvalue weighted by molar-refractivity contribution is 0.0897. The largest absolute Gasteiger partial charge is 0.385 e. The molecule has 1 aliphatic heterocycles. The van der Waals surface area contributed by atoms with Crippen molar-refractivity contribution >= 4 is 5.78 Å². The molecule has 30 heavy (non-hydrogen) atoms. The van der Waals surface area contributed by atoms with Crippen LogP contribution in [0.5, 0.6) is 0 Å². The van der Waals surface area contributed by atoms with E-state index in [1.165, 1.54) is 0 Å². The molecule has 1 aliphatic rings. The second-order valence-electron chi connectivity index (χ2n) is 8.38. The van der Waals surface area contributed by atoms with Gasteiger partial charge in [0.15, 0.2) is 5.69 Å². The lowest BCUT2D eigenvalue weighted by Crippen LogP contribution is -2.52. The predicted octanol–water partition coefficient (Wildman–Crippen LogP) is 2.79. The molecule has 1 aromatic carbocycles. The maximum atomic E-state index is 13.6. The third-order valence-electron chi connectivity index (χ3n) is 5.67. The number of nitrogens with zero attached hydrogens (tertiary/aromatic N) is 3. The number of hydrogen-bond donors (Lipinski definition) is 2. The molecule has 0 bridgehead atoms. The van der Waals surface area contributed by atoms with Crippen molar-refractivity contribution < 1.29 is 9.53 Å². The van der Waals surface area contributed by atoms with Gasteiger partial charge in [0, 0.05) is 26.3 Å². The van der Waals surface area contributed by atoms with Crippen LogP contribution in [0, 0.1) is 5.92 Å². The van der Waals surface area contributed by atoms with Gasteiger partial charge in [-0.05, 0) is 56.7 Å². The van der Waals surface area contributed by atoms with Gasteiger partial charge in [-0.1, -0.05) is 37.3 Å². The van der Waals surface area contributed by atoms with Crippen molar-refractivity contribution in [2.24, 2.45) is 5.92 Å². The van der Waals surface area contributed by atoms with Crippen LogP contribution in [0.15, 0.2) is 30.3 Å². The number of ether oxygens (including phenoxy) is 1. The summed E-state index contributed by atoms with van der Waals surface area (Å²) in [6.45, 7) is 6.84. The SMILES string of the molecule is COCCCCc1c(C(=O)C(NC2CCCNC2)C(C)C)nnn1-c1ccccc1. The first-order valence-corrected chi connectivity index (χ1v) is 11.1. The van der Waals surface area contributed by atoms with E-state index in [4.69, 9.17) is 4.74 Å². The Morgan fingerprint density at radius 2 is 2.10 bits per heavy atom.